The molecular weight excluding hydrogens is 422 g/mol. The SMILES string of the molecule is O=C(O)CSc1nnc(C2CC2)n1-c1cc(Br)ccc1Br. The average Bonchev–Trinajstić information content (AvgIpc) is 3.20. The van der Waals surface area contributed by atoms with Crippen molar-refractivity contribution in [2.75, 3.05) is 5.75 Å². The second-order valence-electron chi connectivity index (χ2n) is 4.73. The van der Waals surface area contributed by atoms with Gasteiger partial charge in [-0.05, 0) is 47.0 Å². The monoisotopic (exact) mass is 431 g/mol. The number of carboxylic acids is 1. The summed E-state index contributed by atoms with van der Waals surface area (Å²) in [6, 6.07) is 5.87. The first kappa shape index (κ1) is 15.1. The zero-order chi connectivity index (χ0) is 15.0. The van der Waals surface area contributed by atoms with Gasteiger partial charge in [0.15, 0.2) is 5.16 Å². The molecule has 1 heterocycles. The fraction of sp³-hybridized carbons (Fsp3) is 0.308. The van der Waals surface area contributed by atoms with E-state index in [1.165, 1.54) is 11.8 Å². The number of hydrogen-bond donors (Lipinski definition) is 1. The predicted octanol–water partition coefficient (Wildman–Crippen LogP) is 3.85. The number of thioether (sulfide) groups is 1. The van der Waals surface area contributed by atoms with E-state index in [1.807, 2.05) is 22.8 Å². The molecule has 1 aromatic heterocycles. The van der Waals surface area contributed by atoms with Gasteiger partial charge >= 0.3 is 5.97 Å². The maximum Gasteiger partial charge on any atom is 0.313 e. The van der Waals surface area contributed by atoms with Crippen LogP contribution in [0.1, 0.15) is 24.6 Å². The highest BCUT2D eigenvalue weighted by Crippen LogP contribution is 2.42. The third-order valence-electron chi connectivity index (χ3n) is 3.07. The molecule has 1 aromatic carbocycles. The summed E-state index contributed by atoms with van der Waals surface area (Å²) < 4.78 is 3.83. The van der Waals surface area contributed by atoms with Crippen molar-refractivity contribution in [3.05, 3.63) is 33.0 Å². The number of hydrogen-bond acceptors (Lipinski definition) is 4. The van der Waals surface area contributed by atoms with Crippen LogP contribution in [0.15, 0.2) is 32.3 Å². The third kappa shape index (κ3) is 3.32. The lowest BCUT2D eigenvalue weighted by Crippen LogP contribution is -2.05. The van der Waals surface area contributed by atoms with Gasteiger partial charge in [-0.15, -0.1) is 10.2 Å². The number of carboxylic acid groups (broad SMARTS) is 1. The molecule has 1 N–H and O–H groups in total. The highest BCUT2D eigenvalue weighted by molar-refractivity contribution is 9.11. The summed E-state index contributed by atoms with van der Waals surface area (Å²) in [6.45, 7) is 0. The molecular formula is C13H11Br2N3O2S. The standard InChI is InChI=1S/C13H11Br2N3O2S/c14-8-3-4-9(15)10(5-8)18-12(7-1-2-7)16-17-13(18)21-6-11(19)20/h3-5,7H,1-2,6H2,(H,19,20). The Morgan fingerprint density at radius 2 is 2.14 bits per heavy atom. The van der Waals surface area contributed by atoms with Crippen LogP contribution in [0.3, 0.4) is 0 Å². The molecule has 0 aliphatic heterocycles. The van der Waals surface area contributed by atoms with Crippen LogP contribution >= 0.6 is 43.6 Å². The first-order chi connectivity index (χ1) is 10.1. The predicted molar refractivity (Wildman–Crippen MR) is 87.1 cm³/mol. The maximum atomic E-state index is 10.8. The minimum absolute atomic E-state index is 0.0333. The smallest absolute Gasteiger partial charge is 0.313 e. The van der Waals surface area contributed by atoms with Gasteiger partial charge in [-0.3, -0.25) is 9.36 Å². The summed E-state index contributed by atoms with van der Waals surface area (Å²) in [5.41, 5.74) is 0.921. The van der Waals surface area contributed by atoms with Crippen molar-refractivity contribution in [2.45, 2.75) is 23.9 Å². The number of carbonyl (C=O) groups is 1. The molecule has 1 aliphatic carbocycles. The number of aromatic nitrogens is 3. The van der Waals surface area contributed by atoms with Crippen molar-refractivity contribution in [3.8, 4) is 5.69 Å². The molecule has 21 heavy (non-hydrogen) atoms. The van der Waals surface area contributed by atoms with Gasteiger partial charge in [-0.1, -0.05) is 27.7 Å². The third-order valence-corrected chi connectivity index (χ3v) is 5.15. The van der Waals surface area contributed by atoms with Gasteiger partial charge in [0.2, 0.25) is 0 Å². The Labute approximate surface area is 142 Å². The van der Waals surface area contributed by atoms with Crippen LogP contribution in [-0.4, -0.2) is 31.6 Å². The summed E-state index contributed by atoms with van der Waals surface area (Å²) >= 11 is 8.20. The van der Waals surface area contributed by atoms with Gasteiger partial charge < -0.3 is 5.11 Å². The lowest BCUT2D eigenvalue weighted by Gasteiger charge is -2.11. The summed E-state index contributed by atoms with van der Waals surface area (Å²) in [5.74, 6) is 0.425. The molecule has 0 amide bonds. The van der Waals surface area contributed by atoms with E-state index in [0.29, 0.717) is 11.1 Å². The Morgan fingerprint density at radius 3 is 2.81 bits per heavy atom. The Bertz CT molecular complexity index is 701. The summed E-state index contributed by atoms with van der Waals surface area (Å²) in [6.07, 6.45) is 2.21. The first-order valence-corrected chi connectivity index (χ1v) is 8.88. The number of nitrogens with zero attached hydrogens (tertiary/aromatic N) is 3. The van der Waals surface area contributed by atoms with E-state index in [1.54, 1.807) is 0 Å². The summed E-state index contributed by atoms with van der Waals surface area (Å²) in [4.78, 5) is 10.8. The molecule has 1 saturated carbocycles. The second kappa shape index (κ2) is 6.10. The molecule has 110 valence electrons. The molecule has 1 fully saturated rings. The highest BCUT2D eigenvalue weighted by atomic mass is 79.9. The number of halogens is 2. The van der Waals surface area contributed by atoms with Gasteiger partial charge in [-0.25, -0.2) is 0 Å². The van der Waals surface area contributed by atoms with E-state index >= 15 is 0 Å². The van der Waals surface area contributed by atoms with Crippen LogP contribution in [0.2, 0.25) is 0 Å². The van der Waals surface area contributed by atoms with Gasteiger partial charge in [0.1, 0.15) is 5.82 Å². The van der Waals surface area contributed by atoms with Crippen LogP contribution in [0.4, 0.5) is 0 Å². The van der Waals surface area contributed by atoms with Crippen molar-refractivity contribution < 1.29 is 9.90 Å². The first-order valence-electron chi connectivity index (χ1n) is 6.31. The summed E-state index contributed by atoms with van der Waals surface area (Å²) in [7, 11) is 0. The minimum Gasteiger partial charge on any atom is -0.481 e. The van der Waals surface area contributed by atoms with E-state index in [9.17, 15) is 4.79 Å². The zero-order valence-electron chi connectivity index (χ0n) is 10.8. The molecule has 0 saturated heterocycles. The second-order valence-corrected chi connectivity index (χ2v) is 7.44. The topological polar surface area (TPSA) is 68.0 Å². The molecule has 2 aromatic rings. The number of aliphatic carboxylic acids is 1. The quantitative estimate of drug-likeness (QED) is 0.726. The van der Waals surface area contributed by atoms with Gasteiger partial charge in [0, 0.05) is 14.9 Å². The molecule has 8 heteroatoms. The molecule has 0 unspecified atom stereocenters. The fourth-order valence-corrected chi connectivity index (χ4v) is 3.44. The van der Waals surface area contributed by atoms with Gasteiger partial charge in [-0.2, -0.15) is 0 Å². The lowest BCUT2D eigenvalue weighted by atomic mass is 10.3. The van der Waals surface area contributed by atoms with Gasteiger partial charge in [0.25, 0.3) is 0 Å². The number of benzene rings is 1. The van der Waals surface area contributed by atoms with Crippen LogP contribution in [-0.2, 0) is 4.79 Å². The average molecular weight is 433 g/mol. The Kier molecular flexibility index (Phi) is 4.37. The summed E-state index contributed by atoms with van der Waals surface area (Å²) in [5, 5.41) is 17.9. The van der Waals surface area contributed by atoms with Gasteiger partial charge in [0.05, 0.1) is 11.4 Å². The molecule has 0 bridgehead atoms. The van der Waals surface area contributed by atoms with E-state index in [-0.39, 0.29) is 5.75 Å². The minimum atomic E-state index is -0.865. The molecule has 1 aliphatic rings. The van der Waals surface area contributed by atoms with Crippen molar-refractivity contribution >= 4 is 49.6 Å². The Balaban J connectivity index is 2.07. The van der Waals surface area contributed by atoms with Crippen molar-refractivity contribution in [2.24, 2.45) is 0 Å². The fourth-order valence-electron chi connectivity index (χ4n) is 1.99. The van der Waals surface area contributed by atoms with Crippen LogP contribution in [0, 0.1) is 0 Å². The highest BCUT2D eigenvalue weighted by Gasteiger charge is 2.31. The van der Waals surface area contributed by atoms with E-state index in [4.69, 9.17) is 5.11 Å². The molecule has 3 rings (SSSR count). The molecule has 0 atom stereocenters. The van der Waals surface area contributed by atoms with Crippen LogP contribution < -0.4 is 0 Å². The van der Waals surface area contributed by atoms with E-state index in [0.717, 1.165) is 33.3 Å². The van der Waals surface area contributed by atoms with E-state index in [2.05, 4.69) is 42.1 Å². The normalized spacial score (nSPS) is 14.4. The van der Waals surface area contributed by atoms with Crippen LogP contribution in [0.5, 0.6) is 0 Å². The largest absolute Gasteiger partial charge is 0.481 e. The van der Waals surface area contributed by atoms with Crippen molar-refractivity contribution in [3.63, 3.8) is 0 Å². The maximum absolute atomic E-state index is 10.8. The van der Waals surface area contributed by atoms with Crippen LogP contribution in [0.25, 0.3) is 5.69 Å². The molecule has 0 radical (unpaired) electrons. The van der Waals surface area contributed by atoms with E-state index < -0.39 is 5.97 Å². The molecule has 5 nitrogen and oxygen atoms in total. The van der Waals surface area contributed by atoms with Crippen molar-refractivity contribution in [1.82, 2.24) is 14.8 Å². The lowest BCUT2D eigenvalue weighted by molar-refractivity contribution is -0.133. The molecule has 0 spiro atoms. The zero-order valence-corrected chi connectivity index (χ0v) is 14.8. The Morgan fingerprint density at radius 1 is 1.38 bits per heavy atom. The number of rotatable bonds is 5. The Hall–Kier alpha value is -0.860. The van der Waals surface area contributed by atoms with Crippen molar-refractivity contribution in [1.29, 1.82) is 0 Å².